The highest BCUT2D eigenvalue weighted by Gasteiger charge is 2.31. The third-order valence-electron chi connectivity index (χ3n) is 4.78. The van der Waals surface area contributed by atoms with Gasteiger partial charge in [-0.3, -0.25) is 4.90 Å². The van der Waals surface area contributed by atoms with E-state index >= 15 is 0 Å². The molecule has 10 heteroatoms. The van der Waals surface area contributed by atoms with Crippen molar-refractivity contribution in [2.75, 3.05) is 13.1 Å². The number of piperidine rings is 1. The maximum Gasteiger partial charge on any atom is 0.573 e. The van der Waals surface area contributed by atoms with E-state index in [4.69, 9.17) is 4.52 Å². The summed E-state index contributed by atoms with van der Waals surface area (Å²) in [6, 6.07) is 7.75. The molecule has 0 bridgehead atoms. The lowest BCUT2D eigenvalue weighted by Gasteiger charge is -2.30. The Labute approximate surface area is 164 Å². The molecule has 29 heavy (non-hydrogen) atoms. The lowest BCUT2D eigenvalue weighted by atomic mass is 9.96. The second-order valence-corrected chi connectivity index (χ2v) is 6.83. The van der Waals surface area contributed by atoms with Crippen LogP contribution in [0, 0.1) is 0 Å². The average molecular weight is 405 g/mol. The van der Waals surface area contributed by atoms with Gasteiger partial charge in [-0.15, -0.1) is 13.2 Å². The molecule has 0 N–H and O–H groups in total. The van der Waals surface area contributed by atoms with Gasteiger partial charge in [0.2, 0.25) is 11.7 Å². The zero-order valence-corrected chi connectivity index (χ0v) is 15.3. The highest BCUT2D eigenvalue weighted by Crippen LogP contribution is 2.29. The minimum atomic E-state index is -4.67. The van der Waals surface area contributed by atoms with Crippen molar-refractivity contribution in [2.24, 2.45) is 0 Å². The van der Waals surface area contributed by atoms with Gasteiger partial charge in [0.05, 0.1) is 12.4 Å². The molecule has 152 valence electrons. The third-order valence-corrected chi connectivity index (χ3v) is 4.78. The molecule has 0 saturated carbocycles. The number of alkyl halides is 3. The normalized spacial score (nSPS) is 16.1. The van der Waals surface area contributed by atoms with Crippen molar-refractivity contribution in [2.45, 2.75) is 31.7 Å². The van der Waals surface area contributed by atoms with Crippen LogP contribution in [0.3, 0.4) is 0 Å². The molecule has 1 fully saturated rings. The van der Waals surface area contributed by atoms with Crippen LogP contribution in [0.4, 0.5) is 13.2 Å². The van der Waals surface area contributed by atoms with Crippen LogP contribution in [0.1, 0.15) is 30.2 Å². The number of halogens is 3. The van der Waals surface area contributed by atoms with Crippen molar-refractivity contribution in [1.29, 1.82) is 0 Å². The quantitative estimate of drug-likeness (QED) is 0.639. The standard InChI is InChI=1S/C19H18F3N5O2/c20-19(21,22)28-16-3-1-13(2-4-16)12-27-9-6-14(7-10-27)18-25-17(26-29-18)15-5-8-23-24-11-15/h1-5,8,11,14H,6-7,9-10,12H2. The van der Waals surface area contributed by atoms with Gasteiger partial charge in [0.15, 0.2) is 0 Å². The maximum atomic E-state index is 12.2. The van der Waals surface area contributed by atoms with Crippen LogP contribution in [-0.4, -0.2) is 44.7 Å². The Morgan fingerprint density at radius 3 is 2.48 bits per heavy atom. The van der Waals surface area contributed by atoms with Crippen LogP contribution in [0.25, 0.3) is 11.4 Å². The van der Waals surface area contributed by atoms with Gasteiger partial charge in [0, 0.05) is 18.0 Å². The lowest BCUT2D eigenvalue weighted by Crippen LogP contribution is -2.32. The fraction of sp³-hybridized carbons (Fsp3) is 0.368. The summed E-state index contributed by atoms with van der Waals surface area (Å²) in [4.78, 5) is 6.73. The van der Waals surface area contributed by atoms with Gasteiger partial charge in [-0.2, -0.15) is 15.2 Å². The van der Waals surface area contributed by atoms with Gasteiger partial charge in [-0.1, -0.05) is 17.3 Å². The van der Waals surface area contributed by atoms with Crippen molar-refractivity contribution in [3.8, 4) is 17.1 Å². The molecule has 1 aliphatic heterocycles. The summed E-state index contributed by atoms with van der Waals surface area (Å²) in [6.07, 6.45) is 0.219. The molecule has 4 rings (SSSR count). The van der Waals surface area contributed by atoms with E-state index in [0.29, 0.717) is 18.3 Å². The number of aromatic nitrogens is 4. The molecule has 2 aromatic heterocycles. The summed E-state index contributed by atoms with van der Waals surface area (Å²) in [5, 5.41) is 11.6. The van der Waals surface area contributed by atoms with E-state index in [1.165, 1.54) is 12.1 Å². The zero-order chi connectivity index (χ0) is 20.3. The molecule has 7 nitrogen and oxygen atoms in total. The molecule has 0 atom stereocenters. The Bertz CT molecular complexity index is 923. The molecule has 3 heterocycles. The summed E-state index contributed by atoms with van der Waals surface area (Å²) >= 11 is 0. The van der Waals surface area contributed by atoms with E-state index in [9.17, 15) is 13.2 Å². The Kier molecular flexibility index (Phi) is 5.43. The fourth-order valence-corrected chi connectivity index (χ4v) is 3.33. The van der Waals surface area contributed by atoms with Gasteiger partial charge in [0.1, 0.15) is 5.75 Å². The first-order chi connectivity index (χ1) is 14.0. The second kappa shape index (κ2) is 8.16. The summed E-state index contributed by atoms with van der Waals surface area (Å²) in [6.45, 7) is 2.33. The van der Waals surface area contributed by atoms with Gasteiger partial charge < -0.3 is 9.26 Å². The van der Waals surface area contributed by atoms with E-state index in [1.54, 1.807) is 30.6 Å². The molecule has 0 unspecified atom stereocenters. The summed E-state index contributed by atoms with van der Waals surface area (Å²) in [5.41, 5.74) is 1.69. The molecule has 0 amide bonds. The monoisotopic (exact) mass is 405 g/mol. The highest BCUT2D eigenvalue weighted by molar-refractivity contribution is 5.51. The lowest BCUT2D eigenvalue weighted by molar-refractivity contribution is -0.274. The number of benzene rings is 1. The summed E-state index contributed by atoms with van der Waals surface area (Å²) in [5.74, 6) is 1.09. The molecular weight excluding hydrogens is 387 g/mol. The van der Waals surface area contributed by atoms with Crippen LogP contribution in [0.5, 0.6) is 5.75 Å². The summed E-state index contributed by atoms with van der Waals surface area (Å²) in [7, 11) is 0. The first-order valence-electron chi connectivity index (χ1n) is 9.14. The predicted molar refractivity (Wildman–Crippen MR) is 95.7 cm³/mol. The highest BCUT2D eigenvalue weighted by atomic mass is 19.4. The third kappa shape index (κ3) is 5.08. The molecule has 1 aromatic carbocycles. The SMILES string of the molecule is FC(F)(F)Oc1ccc(CN2CCC(c3nc(-c4ccnnc4)no3)CC2)cc1. The minimum absolute atomic E-state index is 0.185. The fourth-order valence-electron chi connectivity index (χ4n) is 3.33. The van der Waals surface area contributed by atoms with Crippen molar-refractivity contribution in [3.63, 3.8) is 0 Å². The topological polar surface area (TPSA) is 77.2 Å². The number of nitrogens with zero attached hydrogens (tertiary/aromatic N) is 5. The van der Waals surface area contributed by atoms with Crippen LogP contribution in [0.15, 0.2) is 47.2 Å². The largest absolute Gasteiger partial charge is 0.573 e. The first kappa shape index (κ1) is 19.3. The zero-order valence-electron chi connectivity index (χ0n) is 15.3. The molecule has 0 aliphatic carbocycles. The molecule has 1 saturated heterocycles. The Balaban J connectivity index is 1.30. The Hall–Kier alpha value is -3.01. The first-order valence-corrected chi connectivity index (χ1v) is 9.14. The molecule has 3 aromatic rings. The average Bonchev–Trinajstić information content (AvgIpc) is 3.20. The number of ether oxygens (including phenoxy) is 1. The summed E-state index contributed by atoms with van der Waals surface area (Å²) < 4.78 is 46.0. The molecule has 1 aliphatic rings. The van der Waals surface area contributed by atoms with Crippen LogP contribution >= 0.6 is 0 Å². The van der Waals surface area contributed by atoms with Crippen LogP contribution < -0.4 is 4.74 Å². The van der Waals surface area contributed by atoms with Gasteiger partial charge >= 0.3 is 6.36 Å². The van der Waals surface area contributed by atoms with E-state index < -0.39 is 6.36 Å². The number of likely N-dealkylation sites (tertiary alicyclic amines) is 1. The van der Waals surface area contributed by atoms with Gasteiger partial charge in [-0.05, 0) is 49.7 Å². The second-order valence-electron chi connectivity index (χ2n) is 6.83. The minimum Gasteiger partial charge on any atom is -0.406 e. The maximum absolute atomic E-state index is 12.2. The van der Waals surface area contributed by atoms with Gasteiger partial charge in [0.25, 0.3) is 0 Å². The van der Waals surface area contributed by atoms with Crippen LogP contribution in [-0.2, 0) is 6.54 Å². The predicted octanol–water partition coefficient (Wildman–Crippen LogP) is 3.80. The molecular formula is C19H18F3N5O2. The number of hydrogen-bond donors (Lipinski definition) is 0. The Morgan fingerprint density at radius 1 is 1.07 bits per heavy atom. The number of hydrogen-bond acceptors (Lipinski definition) is 7. The van der Waals surface area contributed by atoms with Crippen LogP contribution in [0.2, 0.25) is 0 Å². The van der Waals surface area contributed by atoms with Crippen molar-refractivity contribution in [3.05, 3.63) is 54.2 Å². The van der Waals surface area contributed by atoms with Crippen molar-refractivity contribution >= 4 is 0 Å². The van der Waals surface area contributed by atoms with Crippen molar-refractivity contribution in [1.82, 2.24) is 25.2 Å². The molecule has 0 radical (unpaired) electrons. The van der Waals surface area contributed by atoms with Gasteiger partial charge in [-0.25, -0.2) is 0 Å². The van der Waals surface area contributed by atoms with Crippen molar-refractivity contribution < 1.29 is 22.4 Å². The number of rotatable bonds is 5. The van der Waals surface area contributed by atoms with E-state index in [1.807, 2.05) is 0 Å². The smallest absolute Gasteiger partial charge is 0.406 e. The van der Waals surface area contributed by atoms with E-state index in [2.05, 4.69) is 30.0 Å². The van der Waals surface area contributed by atoms with E-state index in [0.717, 1.165) is 37.1 Å². The Morgan fingerprint density at radius 2 is 1.83 bits per heavy atom. The molecule has 0 spiro atoms. The van der Waals surface area contributed by atoms with E-state index in [-0.39, 0.29) is 11.7 Å².